The van der Waals surface area contributed by atoms with Crippen LogP contribution in [-0.2, 0) is 20.7 Å². The van der Waals surface area contributed by atoms with Gasteiger partial charge in [-0.25, -0.2) is 0 Å². The van der Waals surface area contributed by atoms with Crippen LogP contribution in [0.5, 0.6) is 0 Å². The first-order chi connectivity index (χ1) is 15.4. The van der Waals surface area contributed by atoms with Crippen molar-refractivity contribution in [1.82, 2.24) is 0 Å². The van der Waals surface area contributed by atoms with E-state index in [-0.39, 0.29) is 30.7 Å². The van der Waals surface area contributed by atoms with E-state index in [1.54, 1.807) is 0 Å². The summed E-state index contributed by atoms with van der Waals surface area (Å²) in [5.41, 5.74) is 1.41. The van der Waals surface area contributed by atoms with Gasteiger partial charge in [0, 0.05) is 5.82 Å². The fraction of sp³-hybridized carbons (Fsp3) is 0.714. The van der Waals surface area contributed by atoms with Crippen molar-refractivity contribution in [1.29, 1.82) is 0 Å². The van der Waals surface area contributed by atoms with E-state index in [1.165, 1.54) is 37.7 Å². The molecule has 5 rings (SSSR count). The predicted octanol–water partition coefficient (Wildman–Crippen LogP) is 7.22. The van der Waals surface area contributed by atoms with Gasteiger partial charge in [0.05, 0.1) is 24.4 Å². The van der Waals surface area contributed by atoms with Gasteiger partial charge in [0.1, 0.15) is 0 Å². The molecule has 0 spiro atoms. The maximum absolute atomic E-state index is 6.86. The molecule has 0 unspecified atom stereocenters. The van der Waals surface area contributed by atoms with E-state index in [0.717, 1.165) is 25.2 Å². The highest BCUT2D eigenvalue weighted by molar-refractivity contribution is 6.47. The van der Waals surface area contributed by atoms with Crippen molar-refractivity contribution in [3.63, 3.8) is 0 Å². The van der Waals surface area contributed by atoms with Crippen molar-refractivity contribution in [3.8, 4) is 0 Å². The number of benzene rings is 1. The molecule has 0 aromatic heterocycles. The zero-order valence-corrected chi connectivity index (χ0v) is 20.7. The van der Waals surface area contributed by atoms with Crippen LogP contribution in [0, 0.1) is 17.3 Å². The first-order valence-corrected chi connectivity index (χ1v) is 13.0. The van der Waals surface area contributed by atoms with Crippen molar-refractivity contribution >= 4 is 7.12 Å². The van der Waals surface area contributed by atoms with Gasteiger partial charge in [0.25, 0.3) is 0 Å². The summed E-state index contributed by atoms with van der Waals surface area (Å²) in [6.07, 6.45) is 11.6. The van der Waals surface area contributed by atoms with Crippen molar-refractivity contribution in [2.24, 2.45) is 17.3 Å². The molecule has 0 radical (unpaired) electrons. The molecule has 6 atom stereocenters. The van der Waals surface area contributed by atoms with Gasteiger partial charge in [0.2, 0.25) is 0 Å². The quantitative estimate of drug-likeness (QED) is 0.196. The molecule has 0 N–H and O–H groups in total. The molecule has 32 heavy (non-hydrogen) atoms. The maximum atomic E-state index is 6.86. The van der Waals surface area contributed by atoms with Gasteiger partial charge in [-0.05, 0) is 55.4 Å². The summed E-state index contributed by atoms with van der Waals surface area (Å²) in [6.45, 7) is 14.1. The zero-order chi connectivity index (χ0) is 22.8. The lowest BCUT2D eigenvalue weighted by atomic mass is 9.43. The SMILES string of the molecule is C=CC[C@H](B1O[C@@H]2C[C@@H]3C[C@@H](C3(C)C)[C@]2(C)O1)[C@H](CCCCCC)OCc1ccccc1. The molecule has 176 valence electrons. The Bertz CT molecular complexity index is 750. The van der Waals surface area contributed by atoms with Crippen LogP contribution in [0.2, 0.25) is 5.82 Å². The molecule has 1 saturated heterocycles. The number of hydrogen-bond acceptors (Lipinski definition) is 3. The van der Waals surface area contributed by atoms with Gasteiger partial charge in [-0.15, -0.1) is 6.58 Å². The predicted molar refractivity (Wildman–Crippen MR) is 132 cm³/mol. The molecule has 0 amide bonds. The second-order valence-corrected chi connectivity index (χ2v) is 11.2. The summed E-state index contributed by atoms with van der Waals surface area (Å²) < 4.78 is 20.1. The lowest BCUT2D eigenvalue weighted by Gasteiger charge is -2.64. The Labute approximate surface area is 196 Å². The van der Waals surface area contributed by atoms with Crippen molar-refractivity contribution < 1.29 is 14.0 Å². The third-order valence-corrected chi connectivity index (χ3v) is 8.88. The molecule has 2 bridgehead atoms. The first kappa shape index (κ1) is 24.0. The number of hydrogen-bond donors (Lipinski definition) is 0. The van der Waals surface area contributed by atoms with E-state index < -0.39 is 0 Å². The van der Waals surface area contributed by atoms with Gasteiger partial charge in [0.15, 0.2) is 0 Å². The molecule has 1 aromatic rings. The Hall–Kier alpha value is -1.10. The molecular weight excluding hydrogens is 395 g/mol. The fourth-order valence-electron chi connectivity index (χ4n) is 6.68. The largest absolute Gasteiger partial charge is 0.463 e. The summed E-state index contributed by atoms with van der Waals surface area (Å²) in [5.74, 6) is 1.53. The van der Waals surface area contributed by atoms with Gasteiger partial charge >= 0.3 is 7.12 Å². The second kappa shape index (κ2) is 10.0. The second-order valence-electron chi connectivity index (χ2n) is 11.2. The van der Waals surface area contributed by atoms with Crippen LogP contribution in [0.15, 0.2) is 43.0 Å². The Kier molecular flexibility index (Phi) is 7.54. The normalized spacial score (nSPS) is 32.1. The molecular formula is C28H43BO3. The van der Waals surface area contributed by atoms with E-state index >= 15 is 0 Å². The highest BCUT2D eigenvalue weighted by Gasteiger charge is 2.68. The fourth-order valence-corrected chi connectivity index (χ4v) is 6.68. The molecule has 3 saturated carbocycles. The summed E-state index contributed by atoms with van der Waals surface area (Å²) in [5, 5.41) is 0. The van der Waals surface area contributed by atoms with Crippen LogP contribution in [-0.4, -0.2) is 24.9 Å². The topological polar surface area (TPSA) is 27.7 Å². The third kappa shape index (κ3) is 4.61. The number of allylic oxidation sites excluding steroid dienone is 1. The Balaban J connectivity index is 1.48. The molecule has 4 aliphatic rings. The molecule has 4 heteroatoms. The zero-order valence-electron chi connectivity index (χ0n) is 20.7. The van der Waals surface area contributed by atoms with Gasteiger partial charge in [-0.2, -0.15) is 0 Å². The number of rotatable bonds is 12. The van der Waals surface area contributed by atoms with Crippen molar-refractivity contribution in [3.05, 3.63) is 48.6 Å². The van der Waals surface area contributed by atoms with Crippen LogP contribution < -0.4 is 0 Å². The summed E-state index contributed by atoms with van der Waals surface area (Å²) in [4.78, 5) is 0. The average Bonchev–Trinajstić information content (AvgIpc) is 3.14. The summed E-state index contributed by atoms with van der Waals surface area (Å²) >= 11 is 0. The summed E-state index contributed by atoms with van der Waals surface area (Å²) in [7, 11) is -0.204. The maximum Gasteiger partial charge on any atom is 0.463 e. The minimum absolute atomic E-state index is 0.113. The minimum atomic E-state index is -0.204. The van der Waals surface area contributed by atoms with Crippen LogP contribution in [0.3, 0.4) is 0 Å². The highest BCUT2D eigenvalue weighted by atomic mass is 16.7. The smallest absolute Gasteiger partial charge is 0.405 e. The van der Waals surface area contributed by atoms with E-state index in [1.807, 2.05) is 6.08 Å². The molecule has 1 aromatic carbocycles. The van der Waals surface area contributed by atoms with Crippen LogP contribution in [0.4, 0.5) is 0 Å². The van der Waals surface area contributed by atoms with Gasteiger partial charge in [-0.3, -0.25) is 0 Å². The van der Waals surface area contributed by atoms with E-state index in [0.29, 0.717) is 17.9 Å². The summed E-state index contributed by atoms with van der Waals surface area (Å²) in [6, 6.07) is 10.5. The van der Waals surface area contributed by atoms with Gasteiger partial charge in [-0.1, -0.05) is 82.9 Å². The van der Waals surface area contributed by atoms with E-state index in [4.69, 9.17) is 14.0 Å². The van der Waals surface area contributed by atoms with Crippen LogP contribution in [0.25, 0.3) is 0 Å². The molecule has 4 fully saturated rings. The lowest BCUT2D eigenvalue weighted by molar-refractivity contribution is -0.199. The molecule has 1 aliphatic heterocycles. The average molecular weight is 438 g/mol. The molecule has 3 nitrogen and oxygen atoms in total. The molecule has 1 heterocycles. The van der Waals surface area contributed by atoms with E-state index in [9.17, 15) is 0 Å². The molecule has 3 aliphatic carbocycles. The number of ether oxygens (including phenoxy) is 1. The highest BCUT2D eigenvalue weighted by Crippen LogP contribution is 2.66. The lowest BCUT2D eigenvalue weighted by Crippen LogP contribution is -2.65. The Morgan fingerprint density at radius 2 is 1.94 bits per heavy atom. The number of unbranched alkanes of at least 4 members (excludes halogenated alkanes) is 3. The standard InChI is InChI=1S/C28H43BO3/c1-6-8-9-13-17-24(30-20-21-15-11-10-12-16-21)23(14-7-2)29-31-26-19-22-18-25(27(22,3)4)28(26,5)32-29/h7,10-12,15-16,22-26H,2,6,8-9,13-14,17-20H2,1,3-5H3/t22-,23-,24-,25-,26+,28-/m0/s1. The minimum Gasteiger partial charge on any atom is -0.405 e. The van der Waals surface area contributed by atoms with Crippen molar-refractivity contribution in [2.75, 3.05) is 0 Å². The van der Waals surface area contributed by atoms with Crippen LogP contribution in [0.1, 0.15) is 84.6 Å². The Morgan fingerprint density at radius 1 is 1.16 bits per heavy atom. The van der Waals surface area contributed by atoms with E-state index in [2.05, 4.69) is 64.6 Å². The Morgan fingerprint density at radius 3 is 2.62 bits per heavy atom. The van der Waals surface area contributed by atoms with Crippen LogP contribution >= 0.6 is 0 Å². The third-order valence-electron chi connectivity index (χ3n) is 8.88. The van der Waals surface area contributed by atoms with Gasteiger partial charge < -0.3 is 14.0 Å². The van der Waals surface area contributed by atoms with Crippen molar-refractivity contribution in [2.45, 2.75) is 109 Å². The monoisotopic (exact) mass is 438 g/mol. The first-order valence-electron chi connectivity index (χ1n) is 13.0.